The zero-order valence-electron chi connectivity index (χ0n) is 6.01. The van der Waals surface area contributed by atoms with Crippen LogP contribution in [0.4, 0.5) is 0 Å². The molecular formula is C6H8NRbS. The largest absolute Gasteiger partial charge is 1.00 e. The van der Waals surface area contributed by atoms with Crippen molar-refractivity contribution in [3.8, 4) is 0 Å². The second kappa shape index (κ2) is 5.13. The molecule has 0 aromatic carbocycles. The first-order chi connectivity index (χ1) is 3.80. The molecule has 0 saturated heterocycles. The van der Waals surface area contributed by atoms with E-state index >= 15 is 0 Å². The topological polar surface area (TPSA) is 12.9 Å². The Kier molecular flexibility index (Phi) is 5.95. The van der Waals surface area contributed by atoms with Crippen molar-refractivity contribution in [3.05, 3.63) is 16.6 Å². The van der Waals surface area contributed by atoms with Crippen LogP contribution in [0, 0.1) is 5.51 Å². The minimum absolute atomic E-state index is 0. The Bertz CT molecular complexity index is 148. The molecule has 0 aliphatic heterocycles. The summed E-state index contributed by atoms with van der Waals surface area (Å²) in [7, 11) is 0. The summed E-state index contributed by atoms with van der Waals surface area (Å²) in [5.41, 5.74) is 2.80. The Hall–Kier alpha value is 1.44. The Morgan fingerprint density at radius 3 is 2.56 bits per heavy atom. The number of thiazole rings is 1. The van der Waals surface area contributed by atoms with Gasteiger partial charge in [0.2, 0.25) is 0 Å². The SMILES string of the molecule is CC(C)c1cn[c-]s1.[Rb+]. The van der Waals surface area contributed by atoms with Crippen LogP contribution in [-0.4, -0.2) is 4.98 Å². The van der Waals surface area contributed by atoms with E-state index < -0.39 is 0 Å². The molecule has 0 N–H and O–H groups in total. The monoisotopic (exact) mass is 211 g/mol. The van der Waals surface area contributed by atoms with Crippen LogP contribution in [0.5, 0.6) is 0 Å². The maximum atomic E-state index is 3.84. The number of aromatic nitrogens is 1. The van der Waals surface area contributed by atoms with Crippen molar-refractivity contribution in [3.63, 3.8) is 0 Å². The smallest absolute Gasteiger partial charge is 0.394 e. The average Bonchev–Trinajstić information content (AvgIpc) is 2.12. The van der Waals surface area contributed by atoms with Gasteiger partial charge in [-0.1, -0.05) is 19.8 Å². The number of rotatable bonds is 1. The summed E-state index contributed by atoms with van der Waals surface area (Å²) in [6.45, 7) is 4.31. The van der Waals surface area contributed by atoms with Crippen LogP contribution in [0.25, 0.3) is 0 Å². The maximum absolute atomic E-state index is 3.84. The van der Waals surface area contributed by atoms with E-state index in [1.807, 2.05) is 6.20 Å². The second-order valence-corrected chi connectivity index (χ2v) is 2.87. The van der Waals surface area contributed by atoms with Crippen LogP contribution in [-0.2, 0) is 0 Å². The van der Waals surface area contributed by atoms with Gasteiger partial charge in [0, 0.05) is 0 Å². The van der Waals surface area contributed by atoms with Gasteiger partial charge >= 0.3 is 58.2 Å². The summed E-state index contributed by atoms with van der Waals surface area (Å²) < 4.78 is 0. The molecule has 44 valence electrons. The number of hydrogen-bond donors (Lipinski definition) is 0. The summed E-state index contributed by atoms with van der Waals surface area (Å²) in [6, 6.07) is 0. The van der Waals surface area contributed by atoms with E-state index in [0.29, 0.717) is 5.92 Å². The summed E-state index contributed by atoms with van der Waals surface area (Å²) in [4.78, 5) is 5.15. The van der Waals surface area contributed by atoms with E-state index in [9.17, 15) is 0 Å². The first-order valence-corrected chi connectivity index (χ1v) is 3.44. The van der Waals surface area contributed by atoms with Crippen molar-refractivity contribution in [2.24, 2.45) is 0 Å². The van der Waals surface area contributed by atoms with Crippen molar-refractivity contribution < 1.29 is 58.2 Å². The zero-order valence-corrected chi connectivity index (χ0v) is 11.7. The minimum Gasteiger partial charge on any atom is -0.394 e. The summed E-state index contributed by atoms with van der Waals surface area (Å²) in [5.74, 6) is 0.610. The summed E-state index contributed by atoms with van der Waals surface area (Å²) in [6.07, 6.45) is 1.87. The molecule has 0 saturated carbocycles. The third-order valence-corrected chi connectivity index (χ3v) is 1.99. The Labute approximate surface area is 109 Å². The predicted molar refractivity (Wildman–Crippen MR) is 35.0 cm³/mol. The molecule has 9 heavy (non-hydrogen) atoms. The van der Waals surface area contributed by atoms with Crippen molar-refractivity contribution in [2.75, 3.05) is 0 Å². The van der Waals surface area contributed by atoms with E-state index in [4.69, 9.17) is 0 Å². The van der Waals surface area contributed by atoms with Gasteiger partial charge in [-0.2, -0.15) is 0 Å². The maximum Gasteiger partial charge on any atom is 1.00 e. The standard InChI is InChI=1S/C6H8NS.Rb/c1-5(2)6-3-7-4-8-6;/h3,5H,1-2H3;/q-1;+1. The van der Waals surface area contributed by atoms with E-state index in [2.05, 4.69) is 24.3 Å². The van der Waals surface area contributed by atoms with Gasteiger partial charge in [0.25, 0.3) is 0 Å². The Morgan fingerprint density at radius 2 is 2.33 bits per heavy atom. The van der Waals surface area contributed by atoms with Gasteiger partial charge in [0.05, 0.1) is 0 Å². The molecule has 0 aliphatic rings. The molecular weight excluding hydrogens is 204 g/mol. The zero-order chi connectivity index (χ0) is 5.98. The average molecular weight is 212 g/mol. The van der Waals surface area contributed by atoms with Crippen LogP contribution in [0.1, 0.15) is 24.6 Å². The van der Waals surface area contributed by atoms with Gasteiger partial charge in [-0.25, -0.2) is 0 Å². The molecule has 0 atom stereocenters. The van der Waals surface area contributed by atoms with Gasteiger partial charge in [-0.05, 0) is 5.51 Å². The normalized spacial score (nSPS) is 9.22. The molecule has 3 heteroatoms. The molecule has 0 bridgehead atoms. The first-order valence-electron chi connectivity index (χ1n) is 2.62. The number of nitrogens with zero attached hydrogens (tertiary/aromatic N) is 1. The molecule has 1 aromatic heterocycles. The molecule has 0 amide bonds. The fourth-order valence-electron chi connectivity index (χ4n) is 0.462. The van der Waals surface area contributed by atoms with Gasteiger partial charge in [-0.15, -0.1) is 11.1 Å². The van der Waals surface area contributed by atoms with Gasteiger partial charge in [0.1, 0.15) is 0 Å². The van der Waals surface area contributed by atoms with Crippen LogP contribution >= 0.6 is 11.3 Å². The predicted octanol–water partition coefficient (Wildman–Crippen LogP) is -0.929. The second-order valence-electron chi connectivity index (χ2n) is 2.01. The van der Waals surface area contributed by atoms with Crippen molar-refractivity contribution in [1.82, 2.24) is 4.98 Å². The van der Waals surface area contributed by atoms with E-state index in [0.717, 1.165) is 0 Å². The molecule has 0 unspecified atom stereocenters. The molecule has 0 fully saturated rings. The van der Waals surface area contributed by atoms with Crippen molar-refractivity contribution in [2.45, 2.75) is 19.8 Å². The third-order valence-electron chi connectivity index (χ3n) is 0.977. The van der Waals surface area contributed by atoms with Crippen molar-refractivity contribution in [1.29, 1.82) is 0 Å². The summed E-state index contributed by atoms with van der Waals surface area (Å²) in [5, 5.41) is 0. The molecule has 0 radical (unpaired) electrons. The molecule has 1 aromatic rings. The third kappa shape index (κ3) is 3.37. The van der Waals surface area contributed by atoms with E-state index in [1.165, 1.54) is 4.88 Å². The van der Waals surface area contributed by atoms with Gasteiger partial charge < -0.3 is 4.98 Å². The Morgan fingerprint density at radius 1 is 1.67 bits per heavy atom. The van der Waals surface area contributed by atoms with Crippen LogP contribution in [0.15, 0.2) is 6.20 Å². The Balaban J connectivity index is 0.000000640. The van der Waals surface area contributed by atoms with Gasteiger partial charge in [-0.3, -0.25) is 11.3 Å². The quantitative estimate of drug-likeness (QED) is 0.547. The van der Waals surface area contributed by atoms with E-state index in [-0.39, 0.29) is 58.2 Å². The number of hydrogen-bond acceptors (Lipinski definition) is 2. The fraction of sp³-hybridized carbons (Fsp3) is 0.500. The van der Waals surface area contributed by atoms with Crippen LogP contribution in [0.3, 0.4) is 0 Å². The van der Waals surface area contributed by atoms with Crippen LogP contribution < -0.4 is 58.2 Å². The first kappa shape index (κ1) is 10.4. The fourth-order valence-corrected chi connectivity index (χ4v) is 1.01. The molecule has 0 aliphatic carbocycles. The van der Waals surface area contributed by atoms with Crippen molar-refractivity contribution >= 4 is 11.3 Å². The molecule has 1 rings (SSSR count). The van der Waals surface area contributed by atoms with Crippen LogP contribution in [0.2, 0.25) is 0 Å². The van der Waals surface area contributed by atoms with E-state index in [1.54, 1.807) is 11.3 Å². The molecule has 1 heterocycles. The summed E-state index contributed by atoms with van der Waals surface area (Å²) >= 11 is 1.59. The molecule has 0 spiro atoms. The van der Waals surface area contributed by atoms with Gasteiger partial charge in [0.15, 0.2) is 0 Å². The molecule has 1 nitrogen and oxygen atoms in total. The minimum atomic E-state index is 0.